The van der Waals surface area contributed by atoms with Crippen LogP contribution < -0.4 is 0 Å². The van der Waals surface area contributed by atoms with Crippen molar-refractivity contribution in [3.8, 4) is 0 Å². The molecule has 0 saturated carbocycles. The molecule has 3 aromatic rings. The van der Waals surface area contributed by atoms with E-state index in [0.29, 0.717) is 32.8 Å². The Labute approximate surface area is 322 Å². The first-order valence-electron chi connectivity index (χ1n) is 15.6. The molecule has 4 N–H and O–H groups in total. The molecule has 15 nitrogen and oxygen atoms in total. The van der Waals surface area contributed by atoms with Gasteiger partial charge in [0.25, 0.3) is 5.91 Å². The van der Waals surface area contributed by atoms with Crippen LogP contribution in [0.3, 0.4) is 0 Å². The van der Waals surface area contributed by atoms with Crippen molar-refractivity contribution in [2.45, 2.75) is 49.3 Å². The fraction of sp³-hybridized carbons (Fsp3) is 0.375. The van der Waals surface area contributed by atoms with E-state index in [1.807, 2.05) is 53.6 Å². The van der Waals surface area contributed by atoms with Gasteiger partial charge >= 0.3 is 48.6 Å². The molecule has 1 amide bonds. The number of hydrogen-bond acceptors (Lipinski definition) is 10. The number of nitrogens with zero attached hydrogens (tertiary/aromatic N) is 5. The average Bonchev–Trinajstić information content (AvgIpc) is 3.49. The number of amides is 1. The highest BCUT2D eigenvalue weighted by molar-refractivity contribution is 5.88. The van der Waals surface area contributed by atoms with Gasteiger partial charge in [-0.2, -0.15) is 52.7 Å². The highest BCUT2D eigenvalue weighted by Crippen LogP contribution is 2.42. The van der Waals surface area contributed by atoms with Crippen molar-refractivity contribution in [1.82, 2.24) is 24.8 Å². The topological polar surface area (TPSA) is 221 Å². The number of halogens is 12. The molecule has 5 heterocycles. The summed E-state index contributed by atoms with van der Waals surface area (Å²) in [6, 6.07) is 13.8. The van der Waals surface area contributed by atoms with Gasteiger partial charge in [-0.1, -0.05) is 12.1 Å². The maximum absolute atomic E-state index is 13.9. The number of hydrogen-bond donors (Lipinski definition) is 4. The number of carboxylic acids is 4. The van der Waals surface area contributed by atoms with Crippen molar-refractivity contribution in [1.29, 1.82) is 0 Å². The lowest BCUT2D eigenvalue weighted by molar-refractivity contribution is -0.193. The second-order valence-electron chi connectivity index (χ2n) is 11.4. The molecule has 326 valence electrons. The summed E-state index contributed by atoms with van der Waals surface area (Å²) in [7, 11) is 0. The molecule has 2 aliphatic rings. The predicted molar refractivity (Wildman–Crippen MR) is 170 cm³/mol. The first-order valence-corrected chi connectivity index (χ1v) is 15.6. The first-order chi connectivity index (χ1) is 27.0. The third kappa shape index (κ3) is 17.5. The van der Waals surface area contributed by atoms with E-state index >= 15 is 0 Å². The maximum Gasteiger partial charge on any atom is 0.490 e. The lowest BCUT2D eigenvalue weighted by Gasteiger charge is -2.42. The van der Waals surface area contributed by atoms with E-state index in [-0.39, 0.29) is 11.8 Å². The zero-order valence-electron chi connectivity index (χ0n) is 29.3. The Morgan fingerprint density at radius 2 is 1.17 bits per heavy atom. The molecule has 59 heavy (non-hydrogen) atoms. The second-order valence-corrected chi connectivity index (χ2v) is 11.4. The van der Waals surface area contributed by atoms with Crippen molar-refractivity contribution in [3.63, 3.8) is 0 Å². The quantitative estimate of drug-likeness (QED) is 0.253. The van der Waals surface area contributed by atoms with Crippen LogP contribution in [0, 0.1) is 0 Å². The van der Waals surface area contributed by atoms with Gasteiger partial charge in [-0.15, -0.1) is 0 Å². The number of pyridine rings is 3. The van der Waals surface area contributed by atoms with Gasteiger partial charge in [-0.25, -0.2) is 19.2 Å². The van der Waals surface area contributed by atoms with Crippen LogP contribution in [0.1, 0.15) is 22.7 Å². The number of rotatable bonds is 5. The first kappa shape index (κ1) is 50.9. The van der Waals surface area contributed by atoms with Crippen LogP contribution in [0.25, 0.3) is 0 Å². The van der Waals surface area contributed by atoms with Gasteiger partial charge in [0.1, 0.15) is 0 Å². The number of carbonyl (C=O) groups is 5. The molecule has 2 atom stereocenters. The van der Waals surface area contributed by atoms with Crippen molar-refractivity contribution in [2.24, 2.45) is 0 Å². The van der Waals surface area contributed by atoms with E-state index in [2.05, 4.69) is 19.9 Å². The zero-order valence-corrected chi connectivity index (χ0v) is 29.3. The van der Waals surface area contributed by atoms with Gasteiger partial charge in [0.2, 0.25) is 0 Å². The maximum atomic E-state index is 13.9. The molecule has 2 saturated heterocycles. The molecular weight excluding hydrogens is 842 g/mol. The fourth-order valence-electron chi connectivity index (χ4n) is 4.70. The molecule has 2 aliphatic heterocycles. The number of aromatic nitrogens is 3. The Hall–Kier alpha value is -6.12. The summed E-state index contributed by atoms with van der Waals surface area (Å²) in [6.45, 7) is 3.60. The van der Waals surface area contributed by atoms with E-state index in [1.54, 1.807) is 24.8 Å². The minimum atomic E-state index is -5.08. The summed E-state index contributed by atoms with van der Waals surface area (Å²) >= 11 is 0. The van der Waals surface area contributed by atoms with E-state index in [1.165, 1.54) is 0 Å². The molecular formula is C32H29F12N5O10. The molecule has 0 aliphatic carbocycles. The van der Waals surface area contributed by atoms with Crippen LogP contribution in [0.4, 0.5) is 52.7 Å². The molecule has 1 spiro atoms. The van der Waals surface area contributed by atoms with Crippen LogP contribution in [0.2, 0.25) is 0 Å². The summed E-state index contributed by atoms with van der Waals surface area (Å²) in [4.78, 5) is 66.5. The Morgan fingerprint density at radius 1 is 0.678 bits per heavy atom. The monoisotopic (exact) mass is 871 g/mol. The Bertz CT molecular complexity index is 1720. The molecule has 2 unspecified atom stereocenters. The summed E-state index contributed by atoms with van der Waals surface area (Å²) in [5.41, 5.74) is 2.18. The Morgan fingerprint density at radius 3 is 1.58 bits per heavy atom. The smallest absolute Gasteiger partial charge is 0.475 e. The van der Waals surface area contributed by atoms with Crippen molar-refractivity contribution in [3.05, 3.63) is 90.3 Å². The molecule has 5 rings (SSSR count). The van der Waals surface area contributed by atoms with Crippen molar-refractivity contribution >= 4 is 29.8 Å². The summed E-state index contributed by atoms with van der Waals surface area (Å²) < 4.78 is 133. The second kappa shape index (κ2) is 21.6. The Balaban J connectivity index is 0.000000505. The van der Waals surface area contributed by atoms with Crippen molar-refractivity contribution in [2.75, 3.05) is 26.2 Å². The van der Waals surface area contributed by atoms with Crippen molar-refractivity contribution < 1.29 is 102 Å². The third-order valence-electron chi connectivity index (χ3n) is 7.12. The van der Waals surface area contributed by atoms with Crippen LogP contribution in [0.15, 0.2) is 73.4 Å². The predicted octanol–water partition coefficient (Wildman–Crippen LogP) is 4.80. The molecule has 3 aromatic heterocycles. The van der Waals surface area contributed by atoms with Crippen LogP contribution in [0.5, 0.6) is 0 Å². The van der Waals surface area contributed by atoms with E-state index < -0.39 is 54.2 Å². The van der Waals surface area contributed by atoms with Gasteiger partial charge in [0.05, 0.1) is 12.3 Å². The number of carboxylic acid groups (broad SMARTS) is 4. The number of alkyl halides is 12. The summed E-state index contributed by atoms with van der Waals surface area (Å²) in [5.74, 6) is -11.1. The lowest BCUT2D eigenvalue weighted by atomic mass is 9.83. The van der Waals surface area contributed by atoms with E-state index in [4.69, 9.17) is 44.3 Å². The normalized spacial score (nSPS) is 18.0. The van der Waals surface area contributed by atoms with Crippen LogP contribution in [-0.2, 0) is 41.8 Å². The average molecular weight is 872 g/mol. The highest BCUT2D eigenvalue weighted by atomic mass is 19.4. The molecule has 0 radical (unpaired) electrons. The van der Waals surface area contributed by atoms with Gasteiger partial charge in [-0.3, -0.25) is 24.6 Å². The fourth-order valence-corrected chi connectivity index (χ4v) is 4.70. The molecule has 2 fully saturated rings. The molecule has 0 bridgehead atoms. The SMILES string of the molecule is O=C(O)C(F)(F)F.O=C(O)C(F)(F)F.O=C(O)C(F)(F)F.O=C(O)C(F)(F)F.O=C1N(Cc2ccncc2)CCOC12CN(Cc1ccccn1)CC2c1cccnc1. The van der Waals surface area contributed by atoms with E-state index in [9.17, 15) is 57.5 Å². The minimum absolute atomic E-state index is 0.0490. The molecule has 27 heteroatoms. The lowest BCUT2D eigenvalue weighted by Crippen LogP contribution is -2.59. The Kier molecular flexibility index (Phi) is 18.6. The third-order valence-corrected chi connectivity index (χ3v) is 7.12. The van der Waals surface area contributed by atoms with Gasteiger partial charge in [-0.05, 0) is 41.5 Å². The number of ether oxygens (including phenoxy) is 1. The minimum Gasteiger partial charge on any atom is -0.475 e. The number of aliphatic carboxylic acids is 4. The standard InChI is InChI=1S/C24H25N5O2.4C2HF3O2/c30-23-24(31-13-12-29(23)15-19-6-10-25-11-7-19)18-28(16-21-5-1-2-9-27-21)17-22(24)20-4-3-8-26-14-20;4*3-2(4,5)1(6)7/h1-11,14,22H,12-13,15-18H2;4*(H,6,7). The largest absolute Gasteiger partial charge is 0.490 e. The highest BCUT2D eigenvalue weighted by Gasteiger charge is 2.57. The number of morpholine rings is 1. The van der Waals surface area contributed by atoms with Crippen LogP contribution >= 0.6 is 0 Å². The van der Waals surface area contributed by atoms with E-state index in [0.717, 1.165) is 23.4 Å². The van der Waals surface area contributed by atoms with Crippen LogP contribution in [-0.4, -0.2) is 132 Å². The van der Waals surface area contributed by atoms with Gasteiger partial charge < -0.3 is 30.1 Å². The number of carbonyl (C=O) groups excluding carboxylic acids is 1. The summed E-state index contributed by atoms with van der Waals surface area (Å²) in [5, 5.41) is 28.5. The summed E-state index contributed by atoms with van der Waals surface area (Å²) in [6.07, 6.45) is -11.4. The number of likely N-dealkylation sites (tertiary alicyclic amines) is 1. The van der Waals surface area contributed by atoms with Gasteiger partial charge in [0, 0.05) is 69.6 Å². The van der Waals surface area contributed by atoms with Gasteiger partial charge in [0.15, 0.2) is 5.60 Å². The molecule has 0 aromatic carbocycles. The zero-order chi connectivity index (χ0) is 45.4.